The van der Waals surface area contributed by atoms with Gasteiger partial charge in [-0.05, 0) is 6.54 Å². The molecule has 0 aliphatic rings. The summed E-state index contributed by atoms with van der Waals surface area (Å²) in [7, 11) is 3.25. The molecular weight excluding hydrogens is 674 g/mol. The van der Waals surface area contributed by atoms with Crippen LogP contribution < -0.4 is 10.6 Å². The molecule has 0 fully saturated rings. The number of aliphatic imine (C=N–C) groups is 1. The summed E-state index contributed by atoms with van der Waals surface area (Å²) in [5, 5.41) is 13.3. The first-order valence-electron chi connectivity index (χ1n) is 2.87. The van der Waals surface area contributed by atoms with Crippen LogP contribution in [0.4, 0.5) is 0 Å². The fraction of sp³-hybridized carbons (Fsp3) is 0.286. The number of hydrogen-bond acceptors (Lipinski definition) is 2. The molecule has 10 heteroatoms. The first-order chi connectivity index (χ1) is 4.85. The molecule has 4 nitrogen and oxygen atoms in total. The topological polar surface area (TPSA) is 60.2 Å². The Hall–Kier alpha value is 5.25. The molecule has 0 aromatic heterocycles. The van der Waals surface area contributed by atoms with Crippen molar-refractivity contribution >= 4 is 5.96 Å². The zero-order valence-corrected chi connectivity index (χ0v) is 27.2. The molecular formula is C7H13N4Y6-3. The molecule has 0 unspecified atom stereocenters. The van der Waals surface area contributed by atoms with Crippen LogP contribution in [0, 0.1) is 32.9 Å². The summed E-state index contributed by atoms with van der Waals surface area (Å²) in [5.41, 5.74) is 0. The summed E-state index contributed by atoms with van der Waals surface area (Å²) >= 11 is 0. The molecule has 82 valence electrons. The van der Waals surface area contributed by atoms with E-state index in [1.54, 1.807) is 6.19 Å². The van der Waals surface area contributed by atoms with Crippen molar-refractivity contribution < 1.29 is 196 Å². The number of nitrogens with zero attached hydrogens (tertiary/aromatic N) is 2. The van der Waals surface area contributed by atoms with Crippen molar-refractivity contribution in [2.45, 2.75) is 6.42 Å². The Kier molecular flexibility index (Phi) is 125. The second-order valence-electron chi connectivity index (χ2n) is 1.52. The maximum Gasteiger partial charge on any atom is 0.166 e. The number of guanidine groups is 1. The van der Waals surface area contributed by atoms with Crippen molar-refractivity contribution in [3.05, 3.63) is 21.4 Å². The Morgan fingerprint density at radius 2 is 1.53 bits per heavy atom. The van der Waals surface area contributed by atoms with Crippen LogP contribution in [-0.2, 0) is 196 Å². The number of hydrogen-bond donors (Lipinski definition) is 2. The normalized spacial score (nSPS) is 6.00. The maximum atomic E-state index is 8.14. The zero-order valence-electron chi connectivity index (χ0n) is 10.2. The van der Waals surface area contributed by atoms with E-state index in [2.05, 4.69) is 29.6 Å². The van der Waals surface area contributed by atoms with Gasteiger partial charge in [0.2, 0.25) is 0 Å². The molecule has 0 rings (SSSR count). The molecule has 0 aliphatic heterocycles. The van der Waals surface area contributed by atoms with Gasteiger partial charge in [0, 0.05) is 196 Å². The average molecular weight is 687 g/mol. The molecule has 17 heavy (non-hydrogen) atoms. The second kappa shape index (κ2) is 42.9. The molecule has 0 saturated carbocycles. The summed E-state index contributed by atoms with van der Waals surface area (Å²) in [6, 6.07) is 0. The smallest absolute Gasteiger partial charge is 0.166 e. The van der Waals surface area contributed by atoms with Crippen LogP contribution in [0.1, 0.15) is 6.42 Å². The summed E-state index contributed by atoms with van der Waals surface area (Å²) in [5.74, 6) is 0.381. The molecule has 6 radical (unpaired) electrons. The van der Waals surface area contributed by atoms with E-state index in [1.165, 1.54) is 0 Å². The minimum Gasteiger partial charge on any atom is -0.435 e. The predicted octanol–water partition coefficient (Wildman–Crippen LogP) is 0.454. The van der Waals surface area contributed by atoms with Gasteiger partial charge >= 0.3 is 0 Å². The monoisotopic (exact) mass is 687 g/mol. The molecule has 0 amide bonds. The van der Waals surface area contributed by atoms with Crippen LogP contribution in [0.25, 0.3) is 0 Å². The summed E-state index contributed by atoms with van der Waals surface area (Å²) in [6.07, 6.45) is 2.47. The van der Waals surface area contributed by atoms with Crippen LogP contribution >= 0.6 is 0 Å². The van der Waals surface area contributed by atoms with Crippen LogP contribution in [0.15, 0.2) is 4.99 Å². The van der Waals surface area contributed by atoms with Crippen LogP contribution in [0.2, 0.25) is 0 Å². The number of nitriles is 1. The summed E-state index contributed by atoms with van der Waals surface area (Å²) in [6.45, 7) is 4.29. The molecule has 0 heterocycles. The van der Waals surface area contributed by atoms with Crippen molar-refractivity contribution in [1.82, 2.24) is 10.6 Å². The predicted molar refractivity (Wildman–Crippen MR) is 45.9 cm³/mol. The van der Waals surface area contributed by atoms with E-state index < -0.39 is 0 Å². The third-order valence-corrected chi connectivity index (χ3v) is 0.802. The first kappa shape index (κ1) is 49.5. The van der Waals surface area contributed by atoms with Gasteiger partial charge in [0.15, 0.2) is 6.19 Å². The standard InChI is InChI=1S/C6H10N4.CH3.6Y/c1-3-4-9-6(8-2)10-5-7;;;;;;;/h1-4H2,(H2,8,9,10);1H3;;;;;;/q-2;-1;;;;;;. The molecule has 0 aromatic carbocycles. The van der Waals surface area contributed by atoms with Gasteiger partial charge in [-0.2, -0.15) is 18.7 Å². The van der Waals surface area contributed by atoms with Crippen molar-refractivity contribution in [1.29, 1.82) is 5.26 Å². The van der Waals surface area contributed by atoms with E-state index in [0.717, 1.165) is 6.42 Å². The zero-order chi connectivity index (χ0) is 7.82. The molecule has 2 N–H and O–H groups in total. The van der Waals surface area contributed by atoms with Crippen LogP contribution in [0.5, 0.6) is 0 Å². The van der Waals surface area contributed by atoms with Crippen LogP contribution in [-0.4, -0.2) is 12.5 Å². The third kappa shape index (κ3) is 38.8. The first-order valence-corrected chi connectivity index (χ1v) is 2.87. The average Bonchev–Trinajstić information content (AvgIpc) is 1.98. The van der Waals surface area contributed by atoms with E-state index in [1.807, 2.05) is 0 Å². The van der Waals surface area contributed by atoms with Crippen molar-refractivity contribution in [3.63, 3.8) is 0 Å². The number of nitrogens with one attached hydrogen (secondary N) is 2. The molecule has 0 spiro atoms. The van der Waals surface area contributed by atoms with E-state index >= 15 is 0 Å². The Balaban J connectivity index is -0.0000000193. The minimum atomic E-state index is 0. The van der Waals surface area contributed by atoms with E-state index in [4.69, 9.17) is 5.26 Å². The largest absolute Gasteiger partial charge is 0.435 e. The minimum absolute atomic E-state index is 0. The number of rotatable bonds is 2. The molecule has 0 aromatic rings. The van der Waals surface area contributed by atoms with Gasteiger partial charge in [0.25, 0.3) is 0 Å². The van der Waals surface area contributed by atoms with E-state index in [-0.39, 0.29) is 204 Å². The maximum absolute atomic E-state index is 8.14. The Morgan fingerprint density at radius 1 is 1.12 bits per heavy atom. The SMILES string of the molecule is [CH2-]CCNC(=N[CH2-])NC#N.[CH3-].[Y].[Y].[Y].[Y].[Y].[Y]. The van der Waals surface area contributed by atoms with Crippen LogP contribution in [0.3, 0.4) is 0 Å². The van der Waals surface area contributed by atoms with Gasteiger partial charge in [-0.15, -0.1) is 0 Å². The summed E-state index contributed by atoms with van der Waals surface area (Å²) < 4.78 is 0. The molecule has 0 bridgehead atoms. The molecule has 0 atom stereocenters. The second-order valence-corrected chi connectivity index (χ2v) is 1.52. The fourth-order valence-corrected chi connectivity index (χ4v) is 0.399. The Morgan fingerprint density at radius 3 is 1.76 bits per heavy atom. The van der Waals surface area contributed by atoms with E-state index in [0.29, 0.717) is 12.5 Å². The Bertz CT molecular complexity index is 161. The quantitative estimate of drug-likeness (QED) is 0.146. The molecule has 0 saturated heterocycles. The van der Waals surface area contributed by atoms with Gasteiger partial charge in [0.1, 0.15) is 0 Å². The van der Waals surface area contributed by atoms with Crippen molar-refractivity contribution in [3.8, 4) is 6.19 Å². The Labute approximate surface area is 257 Å². The third-order valence-electron chi connectivity index (χ3n) is 0.802. The summed E-state index contributed by atoms with van der Waals surface area (Å²) in [4.78, 5) is 3.51. The van der Waals surface area contributed by atoms with E-state index in [9.17, 15) is 0 Å². The van der Waals surface area contributed by atoms with Gasteiger partial charge < -0.3 is 30.0 Å². The van der Waals surface area contributed by atoms with Gasteiger partial charge in [0.05, 0.1) is 5.96 Å². The van der Waals surface area contributed by atoms with Gasteiger partial charge in [-0.25, -0.2) is 0 Å². The van der Waals surface area contributed by atoms with Crippen molar-refractivity contribution in [2.75, 3.05) is 6.54 Å². The van der Waals surface area contributed by atoms with Crippen molar-refractivity contribution in [2.24, 2.45) is 4.99 Å². The van der Waals surface area contributed by atoms with Gasteiger partial charge in [-0.3, -0.25) is 0 Å². The molecule has 0 aliphatic carbocycles. The fourth-order valence-electron chi connectivity index (χ4n) is 0.399. The van der Waals surface area contributed by atoms with Gasteiger partial charge in [-0.1, -0.05) is 0 Å².